The van der Waals surface area contributed by atoms with Gasteiger partial charge in [0.1, 0.15) is 12.4 Å². The van der Waals surface area contributed by atoms with E-state index in [4.69, 9.17) is 0 Å². The minimum Gasteiger partial charge on any atom is -0.348 e. The number of halogens is 3. The Balaban J connectivity index is 2.78. The molecule has 0 atom stereocenters. The largest absolute Gasteiger partial charge is 0.405 e. The molecule has 0 saturated carbocycles. The van der Waals surface area contributed by atoms with Crippen molar-refractivity contribution in [2.24, 2.45) is 0 Å². The lowest BCUT2D eigenvalue weighted by atomic mass is 10.2. The number of hydrogen-bond donors (Lipinski definition) is 1. The number of aromatic nitrogens is 1. The zero-order chi connectivity index (χ0) is 13.6. The molecule has 0 aromatic carbocycles. The Morgan fingerprint density at radius 1 is 1.33 bits per heavy atom. The van der Waals surface area contributed by atoms with Crippen molar-refractivity contribution in [3.8, 4) is 0 Å². The molecule has 0 bridgehead atoms. The van der Waals surface area contributed by atoms with Gasteiger partial charge in [0, 0.05) is 19.3 Å². The van der Waals surface area contributed by atoms with Gasteiger partial charge in [-0.05, 0) is 25.1 Å². The summed E-state index contributed by atoms with van der Waals surface area (Å²) in [5.41, 5.74) is 0.949. The summed E-state index contributed by atoms with van der Waals surface area (Å²) in [5.74, 6) is 0.369. The van der Waals surface area contributed by atoms with E-state index in [0.717, 1.165) is 5.56 Å². The third kappa shape index (κ3) is 4.91. The molecule has 1 aromatic rings. The zero-order valence-electron chi connectivity index (χ0n) is 10.6. The first kappa shape index (κ1) is 14.8. The highest BCUT2D eigenvalue weighted by atomic mass is 19.4. The molecule has 0 spiro atoms. The SMILES string of the molecule is CCCN(CC(F)(F)F)c1ccc(CNC)cn1. The monoisotopic (exact) mass is 261 g/mol. The summed E-state index contributed by atoms with van der Waals surface area (Å²) in [5, 5.41) is 2.96. The van der Waals surface area contributed by atoms with E-state index in [1.165, 1.54) is 4.90 Å². The van der Waals surface area contributed by atoms with Crippen LogP contribution in [0.3, 0.4) is 0 Å². The van der Waals surface area contributed by atoms with E-state index in [1.807, 2.05) is 6.92 Å². The number of rotatable bonds is 6. The Kier molecular flexibility index (Phi) is 5.40. The first-order valence-corrected chi connectivity index (χ1v) is 5.87. The van der Waals surface area contributed by atoms with E-state index >= 15 is 0 Å². The van der Waals surface area contributed by atoms with Crippen LogP contribution in [-0.4, -0.2) is 31.3 Å². The number of pyridine rings is 1. The molecule has 1 heterocycles. The maximum Gasteiger partial charge on any atom is 0.405 e. The molecule has 3 nitrogen and oxygen atoms in total. The van der Waals surface area contributed by atoms with E-state index in [2.05, 4.69) is 10.3 Å². The number of hydrogen-bond acceptors (Lipinski definition) is 3. The molecule has 0 amide bonds. The van der Waals surface area contributed by atoms with Crippen molar-refractivity contribution < 1.29 is 13.2 Å². The van der Waals surface area contributed by atoms with Crippen molar-refractivity contribution >= 4 is 5.82 Å². The van der Waals surface area contributed by atoms with Crippen LogP contribution in [-0.2, 0) is 6.54 Å². The van der Waals surface area contributed by atoms with Gasteiger partial charge in [-0.1, -0.05) is 13.0 Å². The number of nitrogens with one attached hydrogen (secondary N) is 1. The Morgan fingerprint density at radius 2 is 2.06 bits per heavy atom. The van der Waals surface area contributed by atoms with Crippen molar-refractivity contribution in [2.75, 3.05) is 25.0 Å². The fraction of sp³-hybridized carbons (Fsp3) is 0.583. The predicted octanol–water partition coefficient (Wildman–Crippen LogP) is 2.58. The van der Waals surface area contributed by atoms with Crippen LogP contribution in [0.1, 0.15) is 18.9 Å². The fourth-order valence-electron chi connectivity index (χ4n) is 1.67. The molecule has 0 aliphatic rings. The summed E-state index contributed by atoms with van der Waals surface area (Å²) in [7, 11) is 1.81. The van der Waals surface area contributed by atoms with E-state index in [1.54, 1.807) is 25.4 Å². The van der Waals surface area contributed by atoms with Crippen LogP contribution in [0, 0.1) is 0 Å². The molecule has 1 aromatic heterocycles. The van der Waals surface area contributed by atoms with Gasteiger partial charge >= 0.3 is 6.18 Å². The molecule has 18 heavy (non-hydrogen) atoms. The summed E-state index contributed by atoms with van der Waals surface area (Å²) in [6, 6.07) is 3.42. The van der Waals surface area contributed by atoms with Crippen LogP contribution in [0.25, 0.3) is 0 Å². The lowest BCUT2D eigenvalue weighted by molar-refractivity contribution is -0.119. The summed E-state index contributed by atoms with van der Waals surface area (Å²) in [4.78, 5) is 5.34. The Labute approximate surface area is 105 Å². The molecule has 0 aliphatic heterocycles. The molecule has 0 saturated heterocycles. The van der Waals surface area contributed by atoms with Crippen LogP contribution < -0.4 is 10.2 Å². The minimum atomic E-state index is -4.21. The van der Waals surface area contributed by atoms with Crippen molar-refractivity contribution in [3.05, 3.63) is 23.9 Å². The van der Waals surface area contributed by atoms with Crippen LogP contribution in [0.15, 0.2) is 18.3 Å². The van der Waals surface area contributed by atoms with Crippen molar-refractivity contribution in [3.63, 3.8) is 0 Å². The fourth-order valence-corrected chi connectivity index (χ4v) is 1.67. The molecule has 102 valence electrons. The molecule has 0 fully saturated rings. The van der Waals surface area contributed by atoms with Crippen molar-refractivity contribution in [1.29, 1.82) is 0 Å². The van der Waals surface area contributed by atoms with Crippen molar-refractivity contribution in [1.82, 2.24) is 10.3 Å². The highest BCUT2D eigenvalue weighted by molar-refractivity contribution is 5.39. The first-order valence-electron chi connectivity index (χ1n) is 5.87. The first-order chi connectivity index (χ1) is 8.46. The lowest BCUT2D eigenvalue weighted by Crippen LogP contribution is -2.35. The van der Waals surface area contributed by atoms with Crippen LogP contribution in [0.5, 0.6) is 0 Å². The third-order valence-electron chi connectivity index (χ3n) is 2.38. The highest BCUT2D eigenvalue weighted by Gasteiger charge is 2.30. The van der Waals surface area contributed by atoms with E-state index in [9.17, 15) is 13.2 Å². The molecule has 1 rings (SSSR count). The lowest BCUT2D eigenvalue weighted by Gasteiger charge is -2.24. The number of alkyl halides is 3. The Bertz CT molecular complexity index is 349. The van der Waals surface area contributed by atoms with E-state index in [-0.39, 0.29) is 0 Å². The second kappa shape index (κ2) is 6.58. The van der Waals surface area contributed by atoms with E-state index in [0.29, 0.717) is 25.3 Å². The van der Waals surface area contributed by atoms with Gasteiger partial charge < -0.3 is 10.2 Å². The molecular weight excluding hydrogens is 243 g/mol. The zero-order valence-corrected chi connectivity index (χ0v) is 10.6. The van der Waals surface area contributed by atoms with Gasteiger partial charge in [-0.15, -0.1) is 0 Å². The van der Waals surface area contributed by atoms with Gasteiger partial charge in [0.2, 0.25) is 0 Å². The number of nitrogens with zero attached hydrogens (tertiary/aromatic N) is 2. The standard InChI is InChI=1S/C12H18F3N3/c1-3-6-18(9-12(13,14)15)11-5-4-10(7-16-2)8-17-11/h4-5,8,16H,3,6-7,9H2,1-2H3. The average Bonchev–Trinajstić information content (AvgIpc) is 2.28. The molecule has 0 aliphatic carbocycles. The molecule has 0 radical (unpaired) electrons. The molecule has 0 unspecified atom stereocenters. The summed E-state index contributed by atoms with van der Waals surface area (Å²) in [6.07, 6.45) is -1.96. The van der Waals surface area contributed by atoms with Gasteiger partial charge in [-0.2, -0.15) is 13.2 Å². The Morgan fingerprint density at radius 3 is 2.50 bits per heavy atom. The average molecular weight is 261 g/mol. The topological polar surface area (TPSA) is 28.2 Å². The Hall–Kier alpha value is -1.30. The maximum absolute atomic E-state index is 12.4. The van der Waals surface area contributed by atoms with Crippen molar-refractivity contribution in [2.45, 2.75) is 26.1 Å². The predicted molar refractivity (Wildman–Crippen MR) is 65.6 cm³/mol. The second-order valence-corrected chi connectivity index (χ2v) is 4.09. The maximum atomic E-state index is 12.4. The highest BCUT2D eigenvalue weighted by Crippen LogP contribution is 2.21. The van der Waals surface area contributed by atoms with Gasteiger partial charge in [0.15, 0.2) is 0 Å². The third-order valence-corrected chi connectivity index (χ3v) is 2.38. The summed E-state index contributed by atoms with van der Waals surface area (Å²) >= 11 is 0. The minimum absolute atomic E-state index is 0.345. The summed E-state index contributed by atoms with van der Waals surface area (Å²) in [6.45, 7) is 1.89. The van der Waals surface area contributed by atoms with Gasteiger partial charge in [-0.3, -0.25) is 0 Å². The normalized spacial score (nSPS) is 11.6. The summed E-state index contributed by atoms with van der Waals surface area (Å²) < 4.78 is 37.3. The molecule has 1 N–H and O–H groups in total. The van der Waals surface area contributed by atoms with Gasteiger partial charge in [-0.25, -0.2) is 4.98 Å². The van der Waals surface area contributed by atoms with Gasteiger partial charge in [0.05, 0.1) is 0 Å². The van der Waals surface area contributed by atoms with Crippen LogP contribution >= 0.6 is 0 Å². The van der Waals surface area contributed by atoms with Gasteiger partial charge in [0.25, 0.3) is 0 Å². The smallest absolute Gasteiger partial charge is 0.348 e. The van der Waals surface area contributed by atoms with Crippen LogP contribution in [0.2, 0.25) is 0 Å². The van der Waals surface area contributed by atoms with Crippen LogP contribution in [0.4, 0.5) is 19.0 Å². The van der Waals surface area contributed by atoms with E-state index < -0.39 is 12.7 Å². The number of anilines is 1. The molecular formula is C12H18F3N3. The molecule has 6 heteroatoms. The second-order valence-electron chi connectivity index (χ2n) is 4.09. The quantitative estimate of drug-likeness (QED) is 0.853.